The van der Waals surface area contributed by atoms with Gasteiger partial charge >= 0.3 is 0 Å². The van der Waals surface area contributed by atoms with Crippen LogP contribution in [0.15, 0.2) is 11.6 Å². The van der Waals surface area contributed by atoms with E-state index in [1.54, 1.807) is 11.6 Å². The van der Waals surface area contributed by atoms with E-state index < -0.39 is 39.7 Å². The van der Waals surface area contributed by atoms with Gasteiger partial charge in [0.05, 0.1) is 5.25 Å². The molecule has 7 atom stereocenters. The minimum Gasteiger partial charge on any atom is -0.353 e. The average molecular weight is 435 g/mol. The summed E-state index contributed by atoms with van der Waals surface area (Å²) in [4.78, 5) is 16.8. The summed E-state index contributed by atoms with van der Waals surface area (Å²) >= 11 is 1.37. The first-order chi connectivity index (χ1) is 13.3. The maximum Gasteiger partial charge on any atom is 0.223 e. The molecule has 3 N–H and O–H groups in total. The number of sulfonamides is 1. The van der Waals surface area contributed by atoms with E-state index in [-0.39, 0.29) is 37.3 Å². The number of alkyl halides is 2. The van der Waals surface area contributed by atoms with Crippen LogP contribution in [0.25, 0.3) is 0 Å². The third-order valence-corrected chi connectivity index (χ3v) is 8.68. The van der Waals surface area contributed by atoms with Crippen molar-refractivity contribution in [3.8, 4) is 0 Å². The third kappa shape index (κ3) is 4.07. The molecule has 0 spiro atoms. The zero-order valence-corrected chi connectivity index (χ0v) is 16.8. The summed E-state index contributed by atoms with van der Waals surface area (Å²) in [7, 11) is -3.61. The van der Waals surface area contributed by atoms with Gasteiger partial charge in [0.15, 0.2) is 0 Å². The van der Waals surface area contributed by atoms with Gasteiger partial charge in [-0.05, 0) is 32.1 Å². The predicted octanol–water partition coefficient (Wildman–Crippen LogP) is 1.55. The van der Waals surface area contributed by atoms with Crippen LogP contribution >= 0.6 is 11.3 Å². The van der Waals surface area contributed by atoms with Crippen molar-refractivity contribution >= 4 is 27.3 Å². The van der Waals surface area contributed by atoms with E-state index in [1.165, 1.54) is 11.3 Å². The zero-order chi connectivity index (χ0) is 19.9. The van der Waals surface area contributed by atoms with Crippen LogP contribution in [0.3, 0.4) is 0 Å². The molecule has 1 aromatic rings. The largest absolute Gasteiger partial charge is 0.353 e. The van der Waals surface area contributed by atoms with Crippen LogP contribution in [-0.2, 0) is 14.8 Å². The van der Waals surface area contributed by atoms with Gasteiger partial charge in [0.2, 0.25) is 15.9 Å². The smallest absolute Gasteiger partial charge is 0.223 e. The molecule has 1 aliphatic heterocycles. The summed E-state index contributed by atoms with van der Waals surface area (Å²) in [6.45, 7) is 0. The maximum absolute atomic E-state index is 13.6. The topological polar surface area (TPSA) is 100 Å². The molecule has 11 heteroatoms. The highest BCUT2D eigenvalue weighted by molar-refractivity contribution is 7.90. The first-order valence-corrected chi connectivity index (χ1v) is 12.0. The van der Waals surface area contributed by atoms with E-state index in [2.05, 4.69) is 20.3 Å². The molecule has 7 nitrogen and oxygen atoms in total. The SMILES string of the molecule is O=C(NC1CCC(F)C(F)C1)C1CCC2NC(c3nccs3)NS(=O)(=O)C2C1. The number of amides is 1. The number of aromatic nitrogens is 1. The van der Waals surface area contributed by atoms with Gasteiger partial charge in [0.1, 0.15) is 23.5 Å². The molecule has 2 saturated carbocycles. The minimum atomic E-state index is -3.61. The first kappa shape index (κ1) is 20.1. The molecule has 1 aromatic heterocycles. The number of carbonyl (C=O) groups is 1. The molecule has 7 unspecified atom stereocenters. The second kappa shape index (κ2) is 7.92. The molecule has 156 valence electrons. The Morgan fingerprint density at radius 1 is 1.18 bits per heavy atom. The molecule has 2 heterocycles. The molecule has 0 aromatic carbocycles. The van der Waals surface area contributed by atoms with Crippen LogP contribution in [0, 0.1) is 5.92 Å². The fourth-order valence-electron chi connectivity index (χ4n) is 4.43. The van der Waals surface area contributed by atoms with Crippen molar-refractivity contribution in [2.45, 2.75) is 74.4 Å². The maximum atomic E-state index is 13.6. The van der Waals surface area contributed by atoms with Crippen LogP contribution in [0.4, 0.5) is 8.78 Å². The van der Waals surface area contributed by atoms with Crippen LogP contribution in [-0.4, -0.2) is 49.0 Å². The summed E-state index contributed by atoms with van der Waals surface area (Å²) < 4.78 is 55.0. The van der Waals surface area contributed by atoms with Gasteiger partial charge in [-0.25, -0.2) is 22.2 Å². The third-order valence-electron chi connectivity index (χ3n) is 5.96. The highest BCUT2D eigenvalue weighted by Crippen LogP contribution is 2.34. The molecule has 0 bridgehead atoms. The number of thiazole rings is 1. The normalized spacial score (nSPS) is 40.4. The van der Waals surface area contributed by atoms with Crippen molar-refractivity contribution < 1.29 is 22.0 Å². The van der Waals surface area contributed by atoms with Crippen LogP contribution in [0.1, 0.15) is 49.7 Å². The van der Waals surface area contributed by atoms with Gasteiger partial charge in [0.25, 0.3) is 0 Å². The Balaban J connectivity index is 1.38. The Labute approximate surface area is 166 Å². The van der Waals surface area contributed by atoms with E-state index >= 15 is 0 Å². The molecule has 28 heavy (non-hydrogen) atoms. The Bertz CT molecular complexity index is 807. The summed E-state index contributed by atoms with van der Waals surface area (Å²) in [5.74, 6) is -0.706. The quantitative estimate of drug-likeness (QED) is 0.670. The number of halogens is 2. The Morgan fingerprint density at radius 3 is 2.71 bits per heavy atom. The van der Waals surface area contributed by atoms with E-state index in [4.69, 9.17) is 0 Å². The number of carbonyl (C=O) groups excluding carboxylic acids is 1. The summed E-state index contributed by atoms with van der Waals surface area (Å²) in [6.07, 6.45) is -0.139. The van der Waals surface area contributed by atoms with Crippen molar-refractivity contribution in [2.24, 2.45) is 5.92 Å². The standard InChI is InChI=1S/C17H24F2N4O3S2/c18-11-3-2-10(8-12(11)19)21-16(24)9-1-4-13-14(7-9)28(25,26)23-15(22-13)17-20-5-6-27-17/h5-6,9-15,22-23H,1-4,7-8H2,(H,21,24). The highest BCUT2D eigenvalue weighted by atomic mass is 32.2. The van der Waals surface area contributed by atoms with E-state index in [1.807, 2.05) is 0 Å². The molecule has 1 amide bonds. The molecule has 3 aliphatic rings. The van der Waals surface area contributed by atoms with E-state index in [0.717, 1.165) is 0 Å². The molecule has 0 radical (unpaired) electrons. The fraction of sp³-hybridized carbons (Fsp3) is 0.765. The molecular weight excluding hydrogens is 410 g/mol. The van der Waals surface area contributed by atoms with Gasteiger partial charge in [0, 0.05) is 36.0 Å². The number of hydrogen-bond donors (Lipinski definition) is 3. The Kier molecular flexibility index (Phi) is 5.69. The highest BCUT2D eigenvalue weighted by Gasteiger charge is 2.47. The predicted molar refractivity (Wildman–Crippen MR) is 101 cm³/mol. The second-order valence-electron chi connectivity index (χ2n) is 7.84. The first-order valence-electron chi connectivity index (χ1n) is 9.58. The van der Waals surface area contributed by atoms with Crippen LogP contribution in [0.2, 0.25) is 0 Å². The van der Waals surface area contributed by atoms with Gasteiger partial charge in [-0.2, -0.15) is 4.72 Å². The number of nitrogens with one attached hydrogen (secondary N) is 3. The van der Waals surface area contributed by atoms with Crippen LogP contribution < -0.4 is 15.4 Å². The number of hydrogen-bond acceptors (Lipinski definition) is 6. The lowest BCUT2D eigenvalue weighted by molar-refractivity contribution is -0.127. The minimum absolute atomic E-state index is 0.0252. The Morgan fingerprint density at radius 2 is 2.00 bits per heavy atom. The van der Waals surface area contributed by atoms with Gasteiger partial charge < -0.3 is 5.32 Å². The molecule has 3 fully saturated rings. The van der Waals surface area contributed by atoms with Gasteiger partial charge in [-0.3, -0.25) is 10.1 Å². The van der Waals surface area contributed by atoms with E-state index in [0.29, 0.717) is 24.3 Å². The van der Waals surface area contributed by atoms with Crippen molar-refractivity contribution in [2.75, 3.05) is 0 Å². The lowest BCUT2D eigenvalue weighted by Crippen LogP contribution is -2.61. The van der Waals surface area contributed by atoms with Crippen molar-refractivity contribution in [1.29, 1.82) is 0 Å². The lowest BCUT2D eigenvalue weighted by Gasteiger charge is -2.42. The molecular formula is C17H24F2N4O3S2. The zero-order valence-electron chi connectivity index (χ0n) is 15.2. The second-order valence-corrected chi connectivity index (χ2v) is 10.7. The van der Waals surface area contributed by atoms with E-state index in [9.17, 15) is 22.0 Å². The lowest BCUT2D eigenvalue weighted by atomic mass is 9.84. The van der Waals surface area contributed by atoms with Crippen molar-refractivity contribution in [3.05, 3.63) is 16.6 Å². The van der Waals surface area contributed by atoms with Crippen molar-refractivity contribution in [1.82, 2.24) is 20.3 Å². The summed E-state index contributed by atoms with van der Waals surface area (Å²) in [5, 5.41) is 7.85. The van der Waals surface area contributed by atoms with Crippen LogP contribution in [0.5, 0.6) is 0 Å². The molecule has 1 saturated heterocycles. The molecule has 4 rings (SSSR count). The van der Waals surface area contributed by atoms with Gasteiger partial charge in [-0.1, -0.05) is 0 Å². The number of fused-ring (bicyclic) bond motifs is 1. The van der Waals surface area contributed by atoms with Crippen molar-refractivity contribution in [3.63, 3.8) is 0 Å². The fourth-order valence-corrected chi connectivity index (χ4v) is 6.96. The average Bonchev–Trinajstić information content (AvgIpc) is 3.19. The summed E-state index contributed by atoms with van der Waals surface area (Å²) in [6, 6.07) is -0.637. The van der Waals surface area contributed by atoms with Gasteiger partial charge in [-0.15, -0.1) is 11.3 Å². The number of rotatable bonds is 3. The monoisotopic (exact) mass is 434 g/mol. The summed E-state index contributed by atoms with van der Waals surface area (Å²) in [5.41, 5.74) is 0. The molecule has 2 aliphatic carbocycles. The number of nitrogens with zero attached hydrogens (tertiary/aromatic N) is 1. The Hall–Kier alpha value is -1.17.